The summed E-state index contributed by atoms with van der Waals surface area (Å²) in [5, 5.41) is 0. The van der Waals surface area contributed by atoms with Gasteiger partial charge < -0.3 is 4.74 Å². The molecule has 1 fully saturated rings. The molecule has 1 rings (SSSR count). The van der Waals surface area contributed by atoms with Crippen molar-refractivity contribution in [2.75, 3.05) is 38.6 Å². The Labute approximate surface area is 116 Å². The first-order valence-corrected chi connectivity index (χ1v) is 7.63. The van der Waals surface area contributed by atoms with E-state index in [1.165, 1.54) is 17.9 Å². The molecule has 1 saturated heterocycles. The summed E-state index contributed by atoms with van der Waals surface area (Å²) in [7, 11) is 0. The molecule has 0 N–H and O–H groups in total. The first-order valence-electron chi connectivity index (χ1n) is 6.64. The Balaban J connectivity index is 2.16. The maximum atomic E-state index is 5.35. The Hall–Kier alpha value is -0.510. The molecule has 102 valence electrons. The first kappa shape index (κ1) is 15.5. The molecule has 0 bridgehead atoms. The van der Waals surface area contributed by atoms with Crippen LogP contribution in [0.2, 0.25) is 0 Å². The molecule has 0 spiro atoms. The molecule has 2 nitrogen and oxygen atoms in total. The number of hydrogen-bond acceptors (Lipinski definition) is 3. The smallest absolute Gasteiger partial charge is 0.0594 e. The van der Waals surface area contributed by atoms with Gasteiger partial charge in [-0.15, -0.1) is 11.8 Å². The van der Waals surface area contributed by atoms with Crippen molar-refractivity contribution in [2.45, 2.75) is 13.3 Å². The van der Waals surface area contributed by atoms with Crippen molar-refractivity contribution >= 4 is 11.8 Å². The summed E-state index contributed by atoms with van der Waals surface area (Å²) in [6, 6.07) is 0. The van der Waals surface area contributed by atoms with Gasteiger partial charge in [0.05, 0.1) is 13.2 Å². The summed E-state index contributed by atoms with van der Waals surface area (Å²) in [5.41, 5.74) is 0. The molecule has 1 heterocycles. The van der Waals surface area contributed by atoms with Gasteiger partial charge in [0, 0.05) is 23.7 Å². The molecule has 3 heteroatoms. The van der Waals surface area contributed by atoms with Gasteiger partial charge in [0.25, 0.3) is 0 Å². The number of morpholine rings is 1. The van der Waals surface area contributed by atoms with Crippen LogP contribution in [-0.2, 0) is 4.74 Å². The van der Waals surface area contributed by atoms with Crippen LogP contribution in [0.1, 0.15) is 13.3 Å². The Bertz CT molecular complexity index is 282. The van der Waals surface area contributed by atoms with Gasteiger partial charge in [0.15, 0.2) is 0 Å². The second kappa shape index (κ2) is 9.42. The van der Waals surface area contributed by atoms with Crippen LogP contribution in [0.25, 0.3) is 0 Å². The van der Waals surface area contributed by atoms with Crippen LogP contribution < -0.4 is 0 Å². The summed E-state index contributed by atoms with van der Waals surface area (Å²) < 4.78 is 5.35. The number of hydrogen-bond donors (Lipinski definition) is 0. The zero-order chi connectivity index (χ0) is 13.2. The van der Waals surface area contributed by atoms with Crippen molar-refractivity contribution < 1.29 is 4.74 Å². The lowest BCUT2D eigenvalue weighted by atomic mass is 10.1. The fourth-order valence-corrected chi connectivity index (χ4v) is 2.79. The largest absolute Gasteiger partial charge is 0.379 e. The number of ether oxygens (including phenoxy) is 1. The van der Waals surface area contributed by atoms with Crippen LogP contribution >= 0.6 is 11.8 Å². The van der Waals surface area contributed by atoms with Crippen molar-refractivity contribution in [1.29, 1.82) is 0 Å². The average Bonchev–Trinajstić information content (AvgIpc) is 2.42. The molecule has 1 aliphatic heterocycles. The normalized spacial score (nSPS) is 19.5. The SMILES string of the molecule is C=C/C=C(\C=C)SC[C@H](C)CCN1CCOCC1. The van der Waals surface area contributed by atoms with Gasteiger partial charge in [-0.25, -0.2) is 0 Å². The first-order chi connectivity index (χ1) is 8.76. The molecular formula is C15H25NOS. The van der Waals surface area contributed by atoms with Crippen LogP contribution in [0, 0.1) is 5.92 Å². The molecule has 1 atom stereocenters. The molecule has 0 aromatic rings. The highest BCUT2D eigenvalue weighted by Crippen LogP contribution is 2.21. The van der Waals surface area contributed by atoms with E-state index in [-0.39, 0.29) is 0 Å². The molecule has 0 aliphatic carbocycles. The van der Waals surface area contributed by atoms with Gasteiger partial charge in [-0.05, 0) is 25.0 Å². The average molecular weight is 267 g/mol. The highest BCUT2D eigenvalue weighted by molar-refractivity contribution is 8.03. The summed E-state index contributed by atoms with van der Waals surface area (Å²) >= 11 is 1.87. The van der Waals surface area contributed by atoms with Gasteiger partial charge in [-0.1, -0.05) is 32.2 Å². The van der Waals surface area contributed by atoms with Gasteiger partial charge in [0.2, 0.25) is 0 Å². The molecule has 0 saturated carbocycles. The van der Waals surface area contributed by atoms with E-state index < -0.39 is 0 Å². The lowest BCUT2D eigenvalue weighted by Gasteiger charge is -2.27. The van der Waals surface area contributed by atoms with Crippen LogP contribution in [-0.4, -0.2) is 43.5 Å². The van der Waals surface area contributed by atoms with E-state index in [4.69, 9.17) is 4.74 Å². The quantitative estimate of drug-likeness (QED) is 0.626. The summed E-state index contributed by atoms with van der Waals surface area (Å²) in [6.07, 6.45) is 7.00. The monoisotopic (exact) mass is 267 g/mol. The van der Waals surface area contributed by atoms with E-state index in [2.05, 4.69) is 25.0 Å². The van der Waals surface area contributed by atoms with E-state index in [1.807, 2.05) is 30.0 Å². The molecular weight excluding hydrogens is 242 g/mol. The third kappa shape index (κ3) is 6.43. The van der Waals surface area contributed by atoms with Gasteiger partial charge in [-0.2, -0.15) is 0 Å². The highest BCUT2D eigenvalue weighted by Gasteiger charge is 2.11. The number of nitrogens with zero attached hydrogens (tertiary/aromatic N) is 1. The van der Waals surface area contributed by atoms with Gasteiger partial charge in [0.1, 0.15) is 0 Å². The molecule has 0 aromatic heterocycles. The molecule has 18 heavy (non-hydrogen) atoms. The van der Waals surface area contributed by atoms with Crippen molar-refractivity contribution in [3.63, 3.8) is 0 Å². The zero-order valence-electron chi connectivity index (χ0n) is 11.4. The van der Waals surface area contributed by atoms with E-state index >= 15 is 0 Å². The number of rotatable bonds is 8. The van der Waals surface area contributed by atoms with Gasteiger partial charge >= 0.3 is 0 Å². The number of allylic oxidation sites excluding steroid dienone is 3. The Kier molecular flexibility index (Phi) is 8.14. The fraction of sp³-hybridized carbons (Fsp3) is 0.600. The summed E-state index contributed by atoms with van der Waals surface area (Å²) in [4.78, 5) is 3.71. The van der Waals surface area contributed by atoms with Gasteiger partial charge in [-0.3, -0.25) is 4.90 Å². The minimum atomic E-state index is 0.728. The third-order valence-corrected chi connectivity index (χ3v) is 4.43. The predicted octanol–water partition coefficient (Wildman–Crippen LogP) is 3.33. The summed E-state index contributed by atoms with van der Waals surface area (Å²) in [6.45, 7) is 15.0. The second-order valence-corrected chi connectivity index (χ2v) is 5.76. The van der Waals surface area contributed by atoms with Crippen LogP contribution in [0.5, 0.6) is 0 Å². The van der Waals surface area contributed by atoms with Crippen molar-refractivity contribution in [2.24, 2.45) is 5.92 Å². The highest BCUT2D eigenvalue weighted by atomic mass is 32.2. The maximum Gasteiger partial charge on any atom is 0.0594 e. The Morgan fingerprint density at radius 3 is 2.72 bits per heavy atom. The standard InChI is InChI=1S/C15H25NOS/c1-4-6-15(5-2)18-13-14(3)7-8-16-9-11-17-12-10-16/h4-6,14H,1-2,7-13H2,3H3/b15-6+/t14-/m1/s1. The van der Waals surface area contributed by atoms with E-state index in [1.54, 1.807) is 0 Å². The zero-order valence-corrected chi connectivity index (χ0v) is 12.3. The van der Waals surface area contributed by atoms with Crippen LogP contribution in [0.15, 0.2) is 36.3 Å². The lowest BCUT2D eigenvalue weighted by molar-refractivity contribution is 0.0360. The molecule has 0 radical (unpaired) electrons. The summed E-state index contributed by atoms with van der Waals surface area (Å²) in [5.74, 6) is 1.88. The predicted molar refractivity (Wildman–Crippen MR) is 82.0 cm³/mol. The third-order valence-electron chi connectivity index (χ3n) is 3.06. The van der Waals surface area contributed by atoms with E-state index in [9.17, 15) is 0 Å². The van der Waals surface area contributed by atoms with E-state index in [0.717, 1.165) is 38.0 Å². The Morgan fingerprint density at radius 1 is 1.39 bits per heavy atom. The minimum absolute atomic E-state index is 0.728. The minimum Gasteiger partial charge on any atom is -0.379 e. The number of thioether (sulfide) groups is 1. The fourth-order valence-electron chi connectivity index (χ4n) is 1.84. The lowest BCUT2D eigenvalue weighted by Crippen LogP contribution is -2.37. The Morgan fingerprint density at radius 2 is 2.11 bits per heavy atom. The second-order valence-electron chi connectivity index (χ2n) is 4.67. The van der Waals surface area contributed by atoms with Crippen molar-refractivity contribution in [1.82, 2.24) is 4.90 Å². The van der Waals surface area contributed by atoms with Crippen molar-refractivity contribution in [3.8, 4) is 0 Å². The van der Waals surface area contributed by atoms with Crippen LogP contribution in [0.3, 0.4) is 0 Å². The van der Waals surface area contributed by atoms with Crippen molar-refractivity contribution in [3.05, 3.63) is 36.3 Å². The molecule has 0 unspecified atom stereocenters. The topological polar surface area (TPSA) is 12.5 Å². The maximum absolute atomic E-state index is 5.35. The molecule has 1 aliphatic rings. The molecule has 0 aromatic carbocycles. The van der Waals surface area contributed by atoms with E-state index in [0.29, 0.717) is 0 Å². The molecule has 0 amide bonds. The van der Waals surface area contributed by atoms with Crippen LogP contribution in [0.4, 0.5) is 0 Å².